The summed E-state index contributed by atoms with van der Waals surface area (Å²) in [6.45, 7) is 3.61. The number of ether oxygens (including phenoxy) is 1. The van der Waals surface area contributed by atoms with Gasteiger partial charge in [-0.1, -0.05) is 18.2 Å². The summed E-state index contributed by atoms with van der Waals surface area (Å²) >= 11 is 0. The SMILES string of the molecule is COc1cccc(NC(=O)c2ccccc2NC(=O)Cc2c(C)nc3cc(=O)[nH]n3c2C)c1. The van der Waals surface area contributed by atoms with Gasteiger partial charge < -0.3 is 15.4 Å². The predicted molar refractivity (Wildman–Crippen MR) is 125 cm³/mol. The number of aryl methyl sites for hydroxylation is 2. The molecule has 2 heterocycles. The second kappa shape index (κ2) is 8.99. The third-order valence-corrected chi connectivity index (χ3v) is 5.31. The number of nitrogens with zero attached hydrogens (tertiary/aromatic N) is 2. The molecule has 0 bridgehead atoms. The van der Waals surface area contributed by atoms with E-state index in [1.54, 1.807) is 67.1 Å². The Kier molecular flexibility index (Phi) is 5.95. The van der Waals surface area contributed by atoms with E-state index in [1.165, 1.54) is 6.07 Å². The summed E-state index contributed by atoms with van der Waals surface area (Å²) in [5.41, 5.74) is 3.61. The van der Waals surface area contributed by atoms with Crippen molar-refractivity contribution in [2.75, 3.05) is 17.7 Å². The highest BCUT2D eigenvalue weighted by molar-refractivity contribution is 6.10. The molecule has 0 unspecified atom stereocenters. The quantitative estimate of drug-likeness (QED) is 0.422. The van der Waals surface area contributed by atoms with Crippen LogP contribution in [0.3, 0.4) is 0 Å². The standard InChI is InChI=1S/C24H23N5O4/c1-14-19(15(2)29-21(25-14)13-23(31)28-29)12-22(30)27-20-10-5-4-9-18(20)24(32)26-16-7-6-8-17(11-16)33-3/h4-11,13H,12H2,1-3H3,(H,26,32)(H,27,30)(H,28,31). The number of rotatable bonds is 6. The Morgan fingerprint density at radius 3 is 2.64 bits per heavy atom. The van der Waals surface area contributed by atoms with Crippen LogP contribution in [0.25, 0.3) is 5.65 Å². The van der Waals surface area contributed by atoms with Crippen LogP contribution in [0.5, 0.6) is 5.75 Å². The van der Waals surface area contributed by atoms with Crippen LogP contribution in [0.1, 0.15) is 27.3 Å². The number of nitrogens with one attached hydrogen (secondary N) is 3. The number of aromatic amines is 1. The Morgan fingerprint density at radius 1 is 1.06 bits per heavy atom. The van der Waals surface area contributed by atoms with E-state index in [0.717, 1.165) is 5.69 Å². The van der Waals surface area contributed by atoms with Crippen LogP contribution in [-0.2, 0) is 11.2 Å². The fourth-order valence-corrected chi connectivity index (χ4v) is 3.66. The van der Waals surface area contributed by atoms with Gasteiger partial charge in [-0.25, -0.2) is 9.50 Å². The van der Waals surface area contributed by atoms with Crippen molar-refractivity contribution in [3.05, 3.63) is 87.5 Å². The number of carbonyl (C=O) groups is 2. The van der Waals surface area contributed by atoms with Crippen LogP contribution in [0.4, 0.5) is 11.4 Å². The van der Waals surface area contributed by atoms with Gasteiger partial charge in [-0.05, 0) is 38.1 Å². The van der Waals surface area contributed by atoms with E-state index in [9.17, 15) is 14.4 Å². The van der Waals surface area contributed by atoms with Crippen LogP contribution >= 0.6 is 0 Å². The summed E-state index contributed by atoms with van der Waals surface area (Å²) < 4.78 is 6.75. The molecule has 0 saturated heterocycles. The van der Waals surface area contributed by atoms with Crippen molar-refractivity contribution in [1.82, 2.24) is 14.6 Å². The number of anilines is 2. The van der Waals surface area contributed by atoms with Gasteiger partial charge in [0.2, 0.25) is 5.91 Å². The zero-order valence-electron chi connectivity index (χ0n) is 18.4. The van der Waals surface area contributed by atoms with E-state index in [2.05, 4.69) is 20.7 Å². The van der Waals surface area contributed by atoms with Crippen LogP contribution < -0.4 is 20.9 Å². The van der Waals surface area contributed by atoms with Gasteiger partial charge in [0.25, 0.3) is 11.5 Å². The molecule has 4 aromatic rings. The largest absolute Gasteiger partial charge is 0.497 e. The van der Waals surface area contributed by atoms with Crippen LogP contribution in [0, 0.1) is 13.8 Å². The van der Waals surface area contributed by atoms with Crippen LogP contribution in [0.2, 0.25) is 0 Å². The fraction of sp³-hybridized carbons (Fsp3) is 0.167. The lowest BCUT2D eigenvalue weighted by molar-refractivity contribution is -0.115. The summed E-state index contributed by atoms with van der Waals surface area (Å²) in [5, 5.41) is 8.32. The Balaban J connectivity index is 1.54. The third-order valence-electron chi connectivity index (χ3n) is 5.31. The number of amides is 2. The maximum Gasteiger partial charge on any atom is 0.266 e. The first-order valence-corrected chi connectivity index (χ1v) is 10.3. The molecule has 2 aromatic heterocycles. The van der Waals surface area contributed by atoms with Crippen molar-refractivity contribution in [2.45, 2.75) is 20.3 Å². The van der Waals surface area contributed by atoms with E-state index in [-0.39, 0.29) is 23.8 Å². The average Bonchev–Trinajstić information content (AvgIpc) is 3.17. The molecule has 0 aliphatic heterocycles. The summed E-state index contributed by atoms with van der Waals surface area (Å²) in [5.74, 6) is -0.0484. The summed E-state index contributed by atoms with van der Waals surface area (Å²) in [4.78, 5) is 41.8. The average molecular weight is 445 g/mol. The second-order valence-corrected chi connectivity index (χ2v) is 7.53. The number of methoxy groups -OCH3 is 1. The molecule has 0 aliphatic carbocycles. The Bertz CT molecular complexity index is 1420. The Labute approximate surface area is 189 Å². The number of hydrogen-bond acceptors (Lipinski definition) is 5. The lowest BCUT2D eigenvalue weighted by Crippen LogP contribution is -2.21. The van der Waals surface area contributed by atoms with E-state index in [1.807, 2.05) is 6.92 Å². The smallest absolute Gasteiger partial charge is 0.266 e. The number of fused-ring (bicyclic) bond motifs is 1. The Hall–Kier alpha value is -4.40. The van der Waals surface area contributed by atoms with Crippen LogP contribution in [-0.4, -0.2) is 33.5 Å². The zero-order chi connectivity index (χ0) is 23.5. The summed E-state index contributed by atoms with van der Waals surface area (Å²) in [6, 6.07) is 15.2. The zero-order valence-corrected chi connectivity index (χ0v) is 18.4. The van der Waals surface area contributed by atoms with E-state index in [4.69, 9.17) is 4.74 Å². The third kappa shape index (κ3) is 4.62. The monoisotopic (exact) mass is 445 g/mol. The molecular weight excluding hydrogens is 422 g/mol. The molecule has 0 aliphatic rings. The molecule has 9 heteroatoms. The van der Waals surface area contributed by atoms with E-state index < -0.39 is 0 Å². The van der Waals surface area contributed by atoms with E-state index >= 15 is 0 Å². The normalized spacial score (nSPS) is 10.8. The molecule has 2 aromatic carbocycles. The molecule has 0 spiro atoms. The van der Waals surface area contributed by atoms with Gasteiger partial charge in [-0.15, -0.1) is 0 Å². The Morgan fingerprint density at radius 2 is 1.85 bits per heavy atom. The topological polar surface area (TPSA) is 118 Å². The minimum Gasteiger partial charge on any atom is -0.497 e. The van der Waals surface area contributed by atoms with Crippen molar-refractivity contribution < 1.29 is 14.3 Å². The van der Waals surface area contributed by atoms with Gasteiger partial charge in [0, 0.05) is 34.8 Å². The molecular formula is C24H23N5O4. The molecule has 0 radical (unpaired) electrons. The molecule has 33 heavy (non-hydrogen) atoms. The maximum atomic E-state index is 12.9. The lowest BCUT2D eigenvalue weighted by atomic mass is 10.1. The van der Waals surface area contributed by atoms with Gasteiger partial charge in [-0.3, -0.25) is 19.5 Å². The van der Waals surface area contributed by atoms with Gasteiger partial charge in [0.1, 0.15) is 5.75 Å². The molecule has 9 nitrogen and oxygen atoms in total. The highest BCUT2D eigenvalue weighted by Crippen LogP contribution is 2.21. The van der Waals surface area contributed by atoms with Gasteiger partial charge in [-0.2, -0.15) is 0 Å². The minimum absolute atomic E-state index is 0.0344. The molecule has 2 amide bonds. The fourth-order valence-electron chi connectivity index (χ4n) is 3.66. The number of aromatic nitrogens is 3. The molecule has 0 fully saturated rings. The molecule has 0 atom stereocenters. The lowest BCUT2D eigenvalue weighted by Gasteiger charge is -2.14. The van der Waals surface area contributed by atoms with E-state index in [0.29, 0.717) is 39.6 Å². The molecule has 0 saturated carbocycles. The highest BCUT2D eigenvalue weighted by Gasteiger charge is 2.17. The van der Waals surface area contributed by atoms with Crippen molar-refractivity contribution in [3.8, 4) is 5.75 Å². The van der Waals surface area contributed by atoms with Crippen molar-refractivity contribution in [3.63, 3.8) is 0 Å². The molecule has 4 rings (SSSR count). The van der Waals surface area contributed by atoms with Gasteiger partial charge in [0.05, 0.1) is 24.8 Å². The first-order valence-electron chi connectivity index (χ1n) is 10.3. The first kappa shape index (κ1) is 21.8. The highest BCUT2D eigenvalue weighted by atomic mass is 16.5. The van der Waals surface area contributed by atoms with Gasteiger partial charge in [0.15, 0.2) is 5.65 Å². The van der Waals surface area contributed by atoms with Crippen molar-refractivity contribution in [2.24, 2.45) is 0 Å². The molecule has 168 valence electrons. The minimum atomic E-state index is -0.362. The number of hydrogen-bond donors (Lipinski definition) is 3. The van der Waals surface area contributed by atoms with Gasteiger partial charge >= 0.3 is 0 Å². The maximum absolute atomic E-state index is 12.9. The second-order valence-electron chi connectivity index (χ2n) is 7.53. The number of carbonyl (C=O) groups excluding carboxylic acids is 2. The van der Waals surface area contributed by atoms with Crippen molar-refractivity contribution in [1.29, 1.82) is 0 Å². The number of benzene rings is 2. The first-order chi connectivity index (χ1) is 15.9. The van der Waals surface area contributed by atoms with Crippen LogP contribution in [0.15, 0.2) is 59.4 Å². The summed E-state index contributed by atoms with van der Waals surface area (Å²) in [6.07, 6.45) is 0.0344. The summed E-state index contributed by atoms with van der Waals surface area (Å²) in [7, 11) is 1.55. The number of para-hydroxylation sites is 1. The molecule has 3 N–H and O–H groups in total. The van der Waals surface area contributed by atoms with Crippen molar-refractivity contribution >= 4 is 28.8 Å². The predicted octanol–water partition coefficient (Wildman–Crippen LogP) is 3.08. The number of H-pyrrole nitrogens is 1.